The average Bonchev–Trinajstić information content (AvgIpc) is 2.72. The van der Waals surface area contributed by atoms with Crippen molar-refractivity contribution in [3.05, 3.63) is 30.1 Å². The number of nitrogens with one attached hydrogen (secondary N) is 2. The van der Waals surface area contributed by atoms with Gasteiger partial charge in [-0.15, -0.1) is 0 Å². The van der Waals surface area contributed by atoms with E-state index in [1.165, 1.54) is 0 Å². The van der Waals surface area contributed by atoms with Crippen LogP contribution in [-0.4, -0.2) is 58.0 Å². The molecule has 1 fully saturated rings. The lowest BCUT2D eigenvalue weighted by molar-refractivity contribution is -0.124. The first-order chi connectivity index (χ1) is 15.7. The summed E-state index contributed by atoms with van der Waals surface area (Å²) in [5, 5.41) is 13.5. The molecule has 0 aromatic heterocycles. The van der Waals surface area contributed by atoms with Crippen molar-refractivity contribution in [2.24, 2.45) is 17.8 Å². The first-order valence-electron chi connectivity index (χ1n) is 11.7. The molecule has 0 radical (unpaired) electrons. The van der Waals surface area contributed by atoms with Gasteiger partial charge in [-0.3, -0.25) is 4.79 Å². The molecular formula is C23H41FN2O6S2. The van der Waals surface area contributed by atoms with Crippen LogP contribution in [0.4, 0.5) is 4.39 Å². The van der Waals surface area contributed by atoms with Gasteiger partial charge in [0.15, 0.2) is 9.84 Å². The summed E-state index contributed by atoms with van der Waals surface area (Å²) >= 11 is 0. The molecule has 11 heteroatoms. The van der Waals surface area contributed by atoms with Gasteiger partial charge >= 0.3 is 0 Å². The highest BCUT2D eigenvalue weighted by molar-refractivity contribution is 7.91. The van der Waals surface area contributed by atoms with E-state index >= 15 is 0 Å². The van der Waals surface area contributed by atoms with Crippen LogP contribution in [0.15, 0.2) is 29.2 Å². The summed E-state index contributed by atoms with van der Waals surface area (Å²) in [7, 11) is -8.03. The van der Waals surface area contributed by atoms with Crippen molar-refractivity contribution >= 4 is 25.8 Å². The molecule has 6 atom stereocenters. The molecular weight excluding hydrogens is 483 g/mol. The molecule has 1 aromatic carbocycles. The van der Waals surface area contributed by atoms with E-state index in [0.29, 0.717) is 30.6 Å². The van der Waals surface area contributed by atoms with Crippen LogP contribution in [0.2, 0.25) is 0 Å². The van der Waals surface area contributed by atoms with Crippen molar-refractivity contribution in [3.8, 4) is 0 Å². The van der Waals surface area contributed by atoms with Crippen molar-refractivity contribution in [3.63, 3.8) is 0 Å². The molecule has 0 saturated heterocycles. The van der Waals surface area contributed by atoms with E-state index in [2.05, 4.69) is 23.9 Å². The average molecular weight is 525 g/mol. The van der Waals surface area contributed by atoms with Crippen LogP contribution in [0.25, 0.3) is 0 Å². The monoisotopic (exact) mass is 524 g/mol. The number of carbonyl (C=O) groups excluding carboxylic acids is 1. The minimum Gasteiger partial charge on any atom is -0.391 e. The highest BCUT2D eigenvalue weighted by Crippen LogP contribution is 2.36. The highest BCUT2D eigenvalue weighted by Gasteiger charge is 2.33. The van der Waals surface area contributed by atoms with Gasteiger partial charge in [0.25, 0.3) is 0 Å². The minimum absolute atomic E-state index is 0. The molecule has 3 N–H and O–H groups in total. The number of rotatable bonds is 11. The number of hydrogen-bond acceptors (Lipinski definition) is 6. The molecule has 1 aliphatic carbocycles. The van der Waals surface area contributed by atoms with Gasteiger partial charge in [0, 0.05) is 2.85 Å². The lowest BCUT2D eigenvalue weighted by atomic mass is 9.73. The van der Waals surface area contributed by atoms with Crippen molar-refractivity contribution in [2.45, 2.75) is 76.0 Å². The molecule has 0 aliphatic heterocycles. The van der Waals surface area contributed by atoms with Gasteiger partial charge in [0.2, 0.25) is 15.9 Å². The van der Waals surface area contributed by atoms with Gasteiger partial charge < -0.3 is 10.4 Å². The number of amides is 1. The molecule has 198 valence electrons. The van der Waals surface area contributed by atoms with Crippen LogP contribution in [0, 0.1) is 23.6 Å². The molecule has 0 spiro atoms. The summed E-state index contributed by atoms with van der Waals surface area (Å²) < 4.78 is 64.5. The Hall–Kier alpha value is -1.56. The maximum Gasteiger partial charge on any atom is 0.239 e. The zero-order valence-corrected chi connectivity index (χ0v) is 21.8. The Morgan fingerprint density at radius 2 is 1.79 bits per heavy atom. The number of halogens is 1. The lowest BCUT2D eigenvalue weighted by Crippen LogP contribution is -2.54. The number of carbonyl (C=O) groups is 1. The molecule has 1 aromatic rings. The highest BCUT2D eigenvalue weighted by atomic mass is 32.2. The summed E-state index contributed by atoms with van der Waals surface area (Å²) in [5.74, 6) is -0.887. The number of benzene rings is 1. The van der Waals surface area contributed by atoms with E-state index in [0.717, 1.165) is 49.8 Å². The van der Waals surface area contributed by atoms with E-state index in [4.69, 9.17) is 0 Å². The third kappa shape index (κ3) is 8.58. The van der Waals surface area contributed by atoms with Crippen LogP contribution in [-0.2, 0) is 24.7 Å². The van der Waals surface area contributed by atoms with Crippen molar-refractivity contribution in [1.29, 1.82) is 0 Å². The van der Waals surface area contributed by atoms with Gasteiger partial charge in [-0.05, 0) is 67.7 Å². The number of sulfone groups is 1. The number of aliphatic hydroxyl groups excluding tert-OH is 1. The van der Waals surface area contributed by atoms with Crippen molar-refractivity contribution < 1.29 is 34.0 Å². The fourth-order valence-electron chi connectivity index (χ4n) is 4.69. The van der Waals surface area contributed by atoms with E-state index in [-0.39, 0.29) is 7.75 Å². The van der Waals surface area contributed by atoms with Crippen LogP contribution in [0.5, 0.6) is 0 Å². The predicted molar refractivity (Wildman–Crippen MR) is 133 cm³/mol. The Labute approximate surface area is 205 Å². The van der Waals surface area contributed by atoms with Gasteiger partial charge in [0.1, 0.15) is 11.9 Å². The fraction of sp³-hybridized carbons (Fsp3) is 0.696. The third-order valence-electron chi connectivity index (χ3n) is 6.62. The SMILES string of the molecule is CC[C@H](NC(=O)[C@@H](CS(=O)(=O)c1ccc(F)cc1)NS(C)(=O)=O)[C@H](O)CC1CCC(C)CC1C.[HH].[HH]. The number of aliphatic hydroxyl groups is 1. The van der Waals surface area contributed by atoms with Crippen LogP contribution >= 0.6 is 0 Å². The number of sulfonamides is 1. The fourth-order valence-corrected chi connectivity index (χ4v) is 6.92. The maximum atomic E-state index is 13.2. The molecule has 2 rings (SSSR count). The minimum atomic E-state index is -4.11. The van der Waals surface area contributed by atoms with Gasteiger partial charge in [-0.2, -0.15) is 0 Å². The second-order valence-corrected chi connectivity index (χ2v) is 13.5. The Bertz CT molecular complexity index is 1040. The molecule has 1 amide bonds. The Balaban J connectivity index is 0.00000612. The third-order valence-corrected chi connectivity index (χ3v) is 9.09. The predicted octanol–water partition coefficient (Wildman–Crippen LogP) is 2.73. The summed E-state index contributed by atoms with van der Waals surface area (Å²) in [4.78, 5) is 12.8. The molecule has 8 nitrogen and oxygen atoms in total. The van der Waals surface area contributed by atoms with E-state index in [1.54, 1.807) is 6.92 Å². The number of hydrogen-bond donors (Lipinski definition) is 3. The molecule has 1 saturated carbocycles. The lowest BCUT2D eigenvalue weighted by Gasteiger charge is -2.35. The normalized spacial score (nSPS) is 24.2. The van der Waals surface area contributed by atoms with Crippen LogP contribution < -0.4 is 10.0 Å². The second kappa shape index (κ2) is 11.9. The van der Waals surface area contributed by atoms with Gasteiger partial charge in [0.05, 0.1) is 29.0 Å². The second-order valence-electron chi connectivity index (χ2n) is 9.66. The van der Waals surface area contributed by atoms with E-state index in [1.807, 2.05) is 0 Å². The summed E-state index contributed by atoms with van der Waals surface area (Å²) in [6.45, 7) is 6.17. The van der Waals surface area contributed by atoms with Crippen molar-refractivity contribution in [2.75, 3.05) is 12.0 Å². The first-order valence-corrected chi connectivity index (χ1v) is 15.2. The Kier molecular flexibility index (Phi) is 10.1. The topological polar surface area (TPSA) is 130 Å². The molecule has 0 bridgehead atoms. The first kappa shape index (κ1) is 28.7. The zero-order valence-electron chi connectivity index (χ0n) is 20.2. The van der Waals surface area contributed by atoms with E-state index < -0.39 is 55.5 Å². The molecule has 1 aliphatic rings. The smallest absolute Gasteiger partial charge is 0.239 e. The van der Waals surface area contributed by atoms with Crippen LogP contribution in [0.1, 0.15) is 55.7 Å². The summed E-state index contributed by atoms with van der Waals surface area (Å²) in [5.41, 5.74) is 0. The molecule has 0 heterocycles. The summed E-state index contributed by atoms with van der Waals surface area (Å²) in [6.07, 6.45) is 4.05. The van der Waals surface area contributed by atoms with Gasteiger partial charge in [-0.25, -0.2) is 25.9 Å². The largest absolute Gasteiger partial charge is 0.391 e. The van der Waals surface area contributed by atoms with Gasteiger partial charge in [-0.1, -0.05) is 27.2 Å². The standard InChI is InChI=1S/C23H37FN2O6S2.2H2/c1-5-20(22(27)13-17-7-6-15(2)12-16(17)3)25-23(28)21(26-33(4,29)30)14-34(31,32)19-10-8-18(24)9-11-19;;/h8-11,15-17,20-22,26-27H,5-7,12-14H2,1-4H3,(H,25,28);2*1H/t15?,16?,17?,20-,21+,22+;;/m0../s1. The summed E-state index contributed by atoms with van der Waals surface area (Å²) in [6, 6.07) is 1.80. The van der Waals surface area contributed by atoms with Crippen LogP contribution in [0.3, 0.4) is 0 Å². The molecule has 3 unspecified atom stereocenters. The quantitative estimate of drug-likeness (QED) is 0.382. The maximum absolute atomic E-state index is 13.2. The van der Waals surface area contributed by atoms with E-state index in [9.17, 15) is 31.1 Å². The molecule has 34 heavy (non-hydrogen) atoms. The zero-order chi connectivity index (χ0) is 25.7. The Morgan fingerprint density at radius 3 is 2.32 bits per heavy atom. The van der Waals surface area contributed by atoms with Crippen molar-refractivity contribution in [1.82, 2.24) is 10.0 Å². The Morgan fingerprint density at radius 1 is 1.18 bits per heavy atom.